The number of rotatable bonds is 8. The van der Waals surface area contributed by atoms with Gasteiger partial charge in [0.1, 0.15) is 0 Å². The summed E-state index contributed by atoms with van der Waals surface area (Å²) < 4.78 is 5.23. The SMILES string of the molecule is CCCC(N)C(=O)NCc1cc(C(CC)CC)no1.Cl. The minimum absolute atomic E-state index is 0. The molecule has 6 heteroatoms. The van der Waals surface area contributed by atoms with Crippen molar-refractivity contribution < 1.29 is 9.32 Å². The van der Waals surface area contributed by atoms with E-state index < -0.39 is 6.04 Å². The van der Waals surface area contributed by atoms with Gasteiger partial charge in [-0.25, -0.2) is 0 Å². The van der Waals surface area contributed by atoms with Crippen molar-refractivity contribution in [1.82, 2.24) is 10.5 Å². The van der Waals surface area contributed by atoms with E-state index >= 15 is 0 Å². The van der Waals surface area contributed by atoms with Crippen LogP contribution < -0.4 is 11.1 Å². The van der Waals surface area contributed by atoms with Gasteiger partial charge in [0.15, 0.2) is 5.76 Å². The number of carbonyl (C=O) groups excluding carboxylic acids is 1. The van der Waals surface area contributed by atoms with Crippen molar-refractivity contribution in [3.05, 3.63) is 17.5 Å². The zero-order chi connectivity index (χ0) is 14.3. The summed E-state index contributed by atoms with van der Waals surface area (Å²) in [5.74, 6) is 0.969. The third-order valence-corrected chi connectivity index (χ3v) is 3.35. The lowest BCUT2D eigenvalue weighted by atomic mass is 9.99. The maximum atomic E-state index is 11.7. The lowest BCUT2D eigenvalue weighted by molar-refractivity contribution is -0.122. The van der Waals surface area contributed by atoms with Crippen LogP contribution in [0.1, 0.15) is 63.8 Å². The molecule has 0 aliphatic carbocycles. The molecule has 1 unspecified atom stereocenters. The second-order valence-corrected chi connectivity index (χ2v) is 4.84. The van der Waals surface area contributed by atoms with E-state index in [0.29, 0.717) is 24.6 Å². The fraction of sp³-hybridized carbons (Fsp3) is 0.714. The van der Waals surface area contributed by atoms with Crippen LogP contribution in [0.2, 0.25) is 0 Å². The van der Waals surface area contributed by atoms with Crippen molar-refractivity contribution in [3.8, 4) is 0 Å². The van der Waals surface area contributed by atoms with Gasteiger partial charge in [-0.15, -0.1) is 12.4 Å². The molecule has 3 N–H and O–H groups in total. The van der Waals surface area contributed by atoms with Gasteiger partial charge in [0.25, 0.3) is 0 Å². The molecule has 0 fully saturated rings. The van der Waals surface area contributed by atoms with Gasteiger partial charge >= 0.3 is 0 Å². The van der Waals surface area contributed by atoms with E-state index in [1.807, 2.05) is 13.0 Å². The van der Waals surface area contributed by atoms with Crippen LogP contribution in [0.3, 0.4) is 0 Å². The van der Waals surface area contributed by atoms with Gasteiger partial charge in [-0.1, -0.05) is 32.3 Å². The highest BCUT2D eigenvalue weighted by atomic mass is 35.5. The Hall–Kier alpha value is -1.07. The normalized spacial score (nSPS) is 12.1. The number of aromatic nitrogens is 1. The van der Waals surface area contributed by atoms with Gasteiger partial charge in [0.2, 0.25) is 5.91 Å². The highest BCUT2D eigenvalue weighted by molar-refractivity contribution is 5.85. The Morgan fingerprint density at radius 2 is 2.05 bits per heavy atom. The molecule has 0 saturated heterocycles. The average Bonchev–Trinajstić information content (AvgIpc) is 2.86. The number of nitrogens with zero attached hydrogens (tertiary/aromatic N) is 1. The molecule has 0 radical (unpaired) electrons. The Balaban J connectivity index is 0.00000361. The Morgan fingerprint density at radius 1 is 1.40 bits per heavy atom. The van der Waals surface area contributed by atoms with Crippen molar-refractivity contribution in [1.29, 1.82) is 0 Å². The maximum Gasteiger partial charge on any atom is 0.237 e. The Morgan fingerprint density at radius 3 is 2.60 bits per heavy atom. The second-order valence-electron chi connectivity index (χ2n) is 4.84. The molecule has 1 amide bonds. The summed E-state index contributed by atoms with van der Waals surface area (Å²) in [5, 5.41) is 6.83. The summed E-state index contributed by atoms with van der Waals surface area (Å²) in [6.45, 7) is 6.62. The van der Waals surface area contributed by atoms with E-state index in [-0.39, 0.29) is 18.3 Å². The lowest BCUT2D eigenvalue weighted by Crippen LogP contribution is -2.39. The van der Waals surface area contributed by atoms with E-state index in [1.54, 1.807) is 0 Å². The fourth-order valence-corrected chi connectivity index (χ4v) is 2.06. The highest BCUT2D eigenvalue weighted by Crippen LogP contribution is 2.22. The maximum absolute atomic E-state index is 11.7. The molecule has 0 spiro atoms. The molecule has 5 nitrogen and oxygen atoms in total. The minimum atomic E-state index is -0.438. The molecule has 1 atom stereocenters. The third-order valence-electron chi connectivity index (χ3n) is 3.35. The number of nitrogens with one attached hydrogen (secondary N) is 1. The van der Waals surface area contributed by atoms with Gasteiger partial charge in [-0.2, -0.15) is 0 Å². The van der Waals surface area contributed by atoms with Crippen molar-refractivity contribution in [2.24, 2.45) is 5.73 Å². The third kappa shape index (κ3) is 5.51. The summed E-state index contributed by atoms with van der Waals surface area (Å²) in [4.78, 5) is 11.7. The van der Waals surface area contributed by atoms with Gasteiger partial charge in [0, 0.05) is 12.0 Å². The quantitative estimate of drug-likeness (QED) is 0.773. The summed E-state index contributed by atoms with van der Waals surface area (Å²) >= 11 is 0. The Kier molecular flexibility index (Phi) is 9.25. The van der Waals surface area contributed by atoms with E-state index in [1.165, 1.54) is 0 Å². The van der Waals surface area contributed by atoms with Gasteiger partial charge in [-0.3, -0.25) is 4.79 Å². The van der Waals surface area contributed by atoms with E-state index in [9.17, 15) is 4.79 Å². The van der Waals surface area contributed by atoms with E-state index in [2.05, 4.69) is 24.3 Å². The first-order valence-corrected chi connectivity index (χ1v) is 7.11. The standard InChI is InChI=1S/C14H25N3O2.ClH/c1-4-7-12(15)14(18)16-9-11-8-13(17-19-11)10(5-2)6-3;/h8,10,12H,4-7,9,15H2,1-3H3,(H,16,18);1H. The predicted octanol–water partition coefficient (Wildman–Crippen LogP) is 2.74. The second kappa shape index (κ2) is 9.77. The summed E-state index contributed by atoms with van der Waals surface area (Å²) in [7, 11) is 0. The van der Waals surface area contributed by atoms with Crippen LogP contribution in [-0.4, -0.2) is 17.1 Å². The van der Waals surface area contributed by atoms with Crippen molar-refractivity contribution >= 4 is 18.3 Å². The van der Waals surface area contributed by atoms with Crippen LogP contribution in [0.25, 0.3) is 0 Å². The first-order valence-electron chi connectivity index (χ1n) is 7.11. The number of nitrogens with two attached hydrogens (primary N) is 1. The zero-order valence-electron chi connectivity index (χ0n) is 12.5. The number of carbonyl (C=O) groups is 1. The molecular formula is C14H26ClN3O2. The molecular weight excluding hydrogens is 278 g/mol. The number of halogens is 1. The molecule has 1 heterocycles. The summed E-state index contributed by atoms with van der Waals surface area (Å²) in [5.41, 5.74) is 6.70. The Bertz CT molecular complexity index is 392. The zero-order valence-corrected chi connectivity index (χ0v) is 13.3. The molecule has 0 aromatic carbocycles. The number of hydrogen-bond donors (Lipinski definition) is 2. The largest absolute Gasteiger partial charge is 0.359 e. The van der Waals surface area contributed by atoms with Crippen molar-refractivity contribution in [3.63, 3.8) is 0 Å². The number of hydrogen-bond acceptors (Lipinski definition) is 4. The predicted molar refractivity (Wildman–Crippen MR) is 81.8 cm³/mol. The van der Waals surface area contributed by atoms with Gasteiger partial charge in [-0.05, 0) is 19.3 Å². The number of amides is 1. The molecule has 1 aromatic rings. The first kappa shape index (κ1) is 18.9. The van der Waals surface area contributed by atoms with Crippen LogP contribution in [0, 0.1) is 0 Å². The fourth-order valence-electron chi connectivity index (χ4n) is 2.06. The summed E-state index contributed by atoms with van der Waals surface area (Å²) in [6, 6.07) is 1.48. The van der Waals surface area contributed by atoms with E-state index in [4.69, 9.17) is 10.3 Å². The smallest absolute Gasteiger partial charge is 0.237 e. The van der Waals surface area contributed by atoms with Gasteiger partial charge < -0.3 is 15.6 Å². The average molecular weight is 304 g/mol. The lowest BCUT2D eigenvalue weighted by Gasteiger charge is -2.09. The summed E-state index contributed by atoms with van der Waals surface area (Å²) in [6.07, 6.45) is 3.67. The molecule has 20 heavy (non-hydrogen) atoms. The molecule has 1 aromatic heterocycles. The Labute approximate surface area is 127 Å². The highest BCUT2D eigenvalue weighted by Gasteiger charge is 2.15. The van der Waals surface area contributed by atoms with Crippen LogP contribution in [-0.2, 0) is 11.3 Å². The minimum Gasteiger partial charge on any atom is -0.359 e. The molecule has 116 valence electrons. The van der Waals surface area contributed by atoms with Gasteiger partial charge in [0.05, 0.1) is 18.3 Å². The molecule has 1 rings (SSSR count). The van der Waals surface area contributed by atoms with Crippen LogP contribution in [0.15, 0.2) is 10.6 Å². The van der Waals surface area contributed by atoms with Crippen molar-refractivity contribution in [2.75, 3.05) is 0 Å². The van der Waals surface area contributed by atoms with E-state index in [0.717, 1.165) is 25.0 Å². The topological polar surface area (TPSA) is 81.2 Å². The monoisotopic (exact) mass is 303 g/mol. The van der Waals surface area contributed by atoms with Crippen LogP contribution in [0.5, 0.6) is 0 Å². The molecule has 0 bridgehead atoms. The molecule has 0 aliphatic rings. The first-order chi connectivity index (χ1) is 9.12. The van der Waals surface area contributed by atoms with Crippen LogP contribution in [0.4, 0.5) is 0 Å². The molecule has 0 aliphatic heterocycles. The molecule has 0 saturated carbocycles. The van der Waals surface area contributed by atoms with Crippen LogP contribution >= 0.6 is 12.4 Å². The van der Waals surface area contributed by atoms with Crippen molar-refractivity contribution in [2.45, 2.75) is 65.0 Å².